The Morgan fingerprint density at radius 1 is 0.923 bits per heavy atom. The van der Waals surface area contributed by atoms with E-state index in [9.17, 15) is 8.42 Å². The summed E-state index contributed by atoms with van der Waals surface area (Å²) in [7, 11) is -3.42. The van der Waals surface area contributed by atoms with Gasteiger partial charge in [-0.3, -0.25) is 9.88 Å². The van der Waals surface area contributed by atoms with Crippen molar-refractivity contribution < 1.29 is 8.42 Å². The van der Waals surface area contributed by atoms with E-state index >= 15 is 0 Å². The number of benzene rings is 1. The van der Waals surface area contributed by atoms with Crippen LogP contribution in [-0.2, 0) is 22.0 Å². The van der Waals surface area contributed by atoms with Gasteiger partial charge in [-0.2, -0.15) is 4.31 Å². The molecule has 1 aliphatic rings. The molecule has 0 aliphatic carbocycles. The first kappa shape index (κ1) is 19.0. The molecule has 3 rings (SSSR count). The minimum Gasteiger partial charge on any atom is -0.296 e. The van der Waals surface area contributed by atoms with E-state index in [0.29, 0.717) is 18.0 Å². The molecule has 1 fully saturated rings. The van der Waals surface area contributed by atoms with E-state index < -0.39 is 10.0 Å². The second-order valence-electron chi connectivity index (χ2n) is 7.81. The van der Waals surface area contributed by atoms with Crippen molar-refractivity contribution in [1.82, 2.24) is 14.2 Å². The third kappa shape index (κ3) is 4.31. The van der Waals surface area contributed by atoms with Crippen LogP contribution in [0.2, 0.25) is 0 Å². The van der Waals surface area contributed by atoms with E-state index in [1.165, 1.54) is 5.56 Å². The van der Waals surface area contributed by atoms with Crippen molar-refractivity contribution in [3.05, 3.63) is 59.9 Å². The quantitative estimate of drug-likeness (QED) is 0.827. The molecule has 140 valence electrons. The minimum atomic E-state index is -3.42. The zero-order valence-electron chi connectivity index (χ0n) is 15.7. The molecule has 0 spiro atoms. The van der Waals surface area contributed by atoms with Crippen molar-refractivity contribution in [3.63, 3.8) is 0 Å². The Morgan fingerprint density at radius 3 is 2.04 bits per heavy atom. The highest BCUT2D eigenvalue weighted by molar-refractivity contribution is 7.89. The Kier molecular flexibility index (Phi) is 5.46. The Bertz CT molecular complexity index is 820. The van der Waals surface area contributed by atoms with Gasteiger partial charge in [-0.05, 0) is 40.8 Å². The summed E-state index contributed by atoms with van der Waals surface area (Å²) in [6.45, 7) is 9.72. The lowest BCUT2D eigenvalue weighted by molar-refractivity contribution is 0.181. The van der Waals surface area contributed by atoms with Gasteiger partial charge in [0, 0.05) is 45.1 Å². The van der Waals surface area contributed by atoms with Crippen LogP contribution in [0.25, 0.3) is 0 Å². The molecule has 0 radical (unpaired) electrons. The Balaban J connectivity index is 1.64. The first-order valence-electron chi connectivity index (χ1n) is 8.99. The predicted molar refractivity (Wildman–Crippen MR) is 103 cm³/mol. The lowest BCUT2D eigenvalue weighted by Crippen LogP contribution is -2.48. The maximum absolute atomic E-state index is 12.9. The van der Waals surface area contributed by atoms with Gasteiger partial charge in [-0.15, -0.1) is 0 Å². The fourth-order valence-electron chi connectivity index (χ4n) is 3.15. The van der Waals surface area contributed by atoms with Crippen molar-refractivity contribution in [2.24, 2.45) is 0 Å². The molecule has 0 saturated carbocycles. The summed E-state index contributed by atoms with van der Waals surface area (Å²) in [5.74, 6) is 0. The van der Waals surface area contributed by atoms with Gasteiger partial charge in [0.25, 0.3) is 0 Å². The predicted octanol–water partition coefficient (Wildman–Crippen LogP) is 2.89. The smallest absolute Gasteiger partial charge is 0.243 e. The highest BCUT2D eigenvalue weighted by atomic mass is 32.2. The number of pyridine rings is 1. The Morgan fingerprint density at radius 2 is 1.50 bits per heavy atom. The lowest BCUT2D eigenvalue weighted by Gasteiger charge is -2.34. The zero-order valence-corrected chi connectivity index (χ0v) is 16.5. The third-order valence-electron chi connectivity index (χ3n) is 4.84. The molecular formula is C20H27N3O2S. The summed E-state index contributed by atoms with van der Waals surface area (Å²) in [6.07, 6.45) is 3.58. The van der Waals surface area contributed by atoms with Crippen LogP contribution in [0.15, 0.2) is 53.7 Å². The van der Waals surface area contributed by atoms with Gasteiger partial charge in [0.15, 0.2) is 0 Å². The van der Waals surface area contributed by atoms with E-state index in [2.05, 4.69) is 30.7 Å². The van der Waals surface area contributed by atoms with Crippen LogP contribution in [0.1, 0.15) is 31.9 Å². The van der Waals surface area contributed by atoms with E-state index in [-0.39, 0.29) is 5.41 Å². The summed E-state index contributed by atoms with van der Waals surface area (Å²) in [6, 6.07) is 11.3. The number of hydrogen-bond donors (Lipinski definition) is 0. The molecular weight excluding hydrogens is 346 g/mol. The van der Waals surface area contributed by atoms with Crippen molar-refractivity contribution in [2.75, 3.05) is 26.2 Å². The average molecular weight is 374 g/mol. The largest absolute Gasteiger partial charge is 0.296 e. The maximum Gasteiger partial charge on any atom is 0.243 e. The van der Waals surface area contributed by atoms with Crippen LogP contribution in [0, 0.1) is 0 Å². The highest BCUT2D eigenvalue weighted by Gasteiger charge is 2.28. The van der Waals surface area contributed by atoms with E-state index in [1.807, 2.05) is 24.3 Å². The molecule has 26 heavy (non-hydrogen) atoms. The molecule has 2 aromatic rings. The Hall–Kier alpha value is -1.76. The summed E-state index contributed by atoms with van der Waals surface area (Å²) in [4.78, 5) is 6.70. The topological polar surface area (TPSA) is 53.5 Å². The van der Waals surface area contributed by atoms with Crippen molar-refractivity contribution >= 4 is 10.0 Å². The number of piperazine rings is 1. The molecule has 6 heteroatoms. The van der Waals surface area contributed by atoms with Gasteiger partial charge < -0.3 is 0 Å². The second-order valence-corrected chi connectivity index (χ2v) is 9.75. The monoisotopic (exact) mass is 373 g/mol. The SMILES string of the molecule is CC(C)(C)c1ccc(S(=O)(=O)N2CCN(Cc3ccncc3)CC2)cc1. The molecule has 0 unspecified atom stereocenters. The van der Waals surface area contributed by atoms with Crippen LogP contribution in [0.5, 0.6) is 0 Å². The molecule has 1 saturated heterocycles. The molecule has 1 aromatic carbocycles. The van der Waals surface area contributed by atoms with Crippen molar-refractivity contribution in [3.8, 4) is 0 Å². The molecule has 5 nitrogen and oxygen atoms in total. The average Bonchev–Trinajstić information content (AvgIpc) is 2.62. The van der Waals surface area contributed by atoms with Crippen LogP contribution in [0.3, 0.4) is 0 Å². The molecule has 1 aromatic heterocycles. The van der Waals surface area contributed by atoms with Crippen LogP contribution in [0.4, 0.5) is 0 Å². The normalized spacial score (nSPS) is 17.3. The highest BCUT2D eigenvalue weighted by Crippen LogP contribution is 2.25. The fourth-order valence-corrected chi connectivity index (χ4v) is 4.57. The van der Waals surface area contributed by atoms with Gasteiger partial charge in [0.2, 0.25) is 10.0 Å². The van der Waals surface area contributed by atoms with Crippen LogP contribution in [-0.4, -0.2) is 48.8 Å². The first-order chi connectivity index (χ1) is 12.3. The molecule has 0 N–H and O–H groups in total. The zero-order chi connectivity index (χ0) is 18.8. The van der Waals surface area contributed by atoms with Crippen LogP contribution >= 0.6 is 0 Å². The fraction of sp³-hybridized carbons (Fsp3) is 0.450. The van der Waals surface area contributed by atoms with Crippen LogP contribution < -0.4 is 0 Å². The number of nitrogens with zero attached hydrogens (tertiary/aromatic N) is 3. The number of sulfonamides is 1. The first-order valence-corrected chi connectivity index (χ1v) is 10.4. The van der Waals surface area contributed by atoms with E-state index in [0.717, 1.165) is 25.2 Å². The second kappa shape index (κ2) is 7.47. The van der Waals surface area contributed by atoms with Gasteiger partial charge >= 0.3 is 0 Å². The molecule has 0 atom stereocenters. The van der Waals surface area contributed by atoms with Crippen molar-refractivity contribution in [1.29, 1.82) is 0 Å². The van der Waals surface area contributed by atoms with Gasteiger partial charge in [0.05, 0.1) is 4.90 Å². The number of aromatic nitrogens is 1. The standard InChI is InChI=1S/C20H27N3O2S/c1-20(2,3)18-4-6-19(7-5-18)26(24,25)23-14-12-22(13-15-23)16-17-8-10-21-11-9-17/h4-11H,12-16H2,1-3H3. The minimum absolute atomic E-state index is 0.0148. The van der Waals surface area contributed by atoms with Crippen molar-refractivity contribution in [2.45, 2.75) is 37.6 Å². The maximum atomic E-state index is 12.9. The third-order valence-corrected chi connectivity index (χ3v) is 6.76. The van der Waals surface area contributed by atoms with Gasteiger partial charge in [0.1, 0.15) is 0 Å². The van der Waals surface area contributed by atoms with E-state index in [4.69, 9.17) is 0 Å². The Labute approximate surface area is 156 Å². The lowest BCUT2D eigenvalue weighted by atomic mass is 9.87. The molecule has 1 aliphatic heterocycles. The summed E-state index contributed by atoms with van der Waals surface area (Å²) >= 11 is 0. The van der Waals surface area contributed by atoms with E-state index in [1.54, 1.807) is 28.8 Å². The number of rotatable bonds is 4. The van der Waals surface area contributed by atoms with Gasteiger partial charge in [-0.25, -0.2) is 8.42 Å². The molecule has 0 bridgehead atoms. The molecule has 2 heterocycles. The number of hydrogen-bond acceptors (Lipinski definition) is 4. The summed E-state index contributed by atoms with van der Waals surface area (Å²) in [5.41, 5.74) is 2.36. The van der Waals surface area contributed by atoms with Gasteiger partial charge in [-0.1, -0.05) is 32.9 Å². The molecule has 0 amide bonds. The summed E-state index contributed by atoms with van der Waals surface area (Å²) < 4.78 is 27.4. The summed E-state index contributed by atoms with van der Waals surface area (Å²) in [5, 5.41) is 0.